The van der Waals surface area contributed by atoms with Crippen molar-refractivity contribution in [3.63, 3.8) is 0 Å². The van der Waals surface area contributed by atoms with Crippen molar-refractivity contribution in [3.8, 4) is 0 Å². The summed E-state index contributed by atoms with van der Waals surface area (Å²) in [7, 11) is 0. The molecule has 0 aliphatic heterocycles. The summed E-state index contributed by atoms with van der Waals surface area (Å²) in [4.78, 5) is 8.84. The lowest BCUT2D eigenvalue weighted by molar-refractivity contribution is -0.180. The van der Waals surface area contributed by atoms with E-state index < -0.39 is 0 Å². The Labute approximate surface area is 78.6 Å². The van der Waals surface area contributed by atoms with Gasteiger partial charge < -0.3 is 0 Å². The summed E-state index contributed by atoms with van der Waals surface area (Å²) < 4.78 is 0.990. The molecule has 0 heterocycles. The third kappa shape index (κ3) is 2.88. The molecule has 0 fully saturated rings. The summed E-state index contributed by atoms with van der Waals surface area (Å²) in [6.45, 7) is 0.388. The molecule has 4 nitrogen and oxygen atoms in total. The second-order valence-corrected chi connectivity index (χ2v) is 2.94. The number of nitrogens with one attached hydrogen (secondary N) is 1. The fraction of sp³-hybridized carbons (Fsp3) is 0.143. The summed E-state index contributed by atoms with van der Waals surface area (Å²) in [6.07, 6.45) is 0. The number of hydrogen-bond acceptors (Lipinski definition) is 4. The Balaban J connectivity index is 2.46. The zero-order valence-corrected chi connectivity index (χ0v) is 7.87. The average molecular weight is 233 g/mol. The molecule has 0 aromatic heterocycles. The SMILES string of the molecule is NONOCc1ccccc1Br. The van der Waals surface area contributed by atoms with E-state index in [4.69, 9.17) is 4.84 Å². The lowest BCUT2D eigenvalue weighted by Gasteiger charge is -2.03. The minimum absolute atomic E-state index is 0.388. The molecule has 0 saturated heterocycles. The summed E-state index contributed by atoms with van der Waals surface area (Å²) in [6, 6.07) is 7.72. The monoisotopic (exact) mass is 232 g/mol. The molecule has 5 heteroatoms. The normalized spacial score (nSPS) is 10.2. The van der Waals surface area contributed by atoms with Crippen LogP contribution in [0.3, 0.4) is 0 Å². The summed E-state index contributed by atoms with van der Waals surface area (Å²) in [5, 5.41) is 0. The van der Waals surface area contributed by atoms with Crippen molar-refractivity contribution in [2.75, 3.05) is 0 Å². The lowest BCUT2D eigenvalue weighted by atomic mass is 10.2. The quantitative estimate of drug-likeness (QED) is 0.607. The smallest absolute Gasteiger partial charge is 0.0971 e. The van der Waals surface area contributed by atoms with Crippen LogP contribution in [0.5, 0.6) is 0 Å². The second-order valence-electron chi connectivity index (χ2n) is 2.08. The van der Waals surface area contributed by atoms with Gasteiger partial charge in [-0.05, 0) is 11.6 Å². The second kappa shape index (κ2) is 5.23. The van der Waals surface area contributed by atoms with E-state index in [1.54, 1.807) is 0 Å². The van der Waals surface area contributed by atoms with Crippen LogP contribution in [0.1, 0.15) is 5.56 Å². The molecule has 0 amide bonds. The average Bonchev–Trinajstić information content (AvgIpc) is 2.09. The molecule has 0 spiro atoms. The minimum Gasteiger partial charge on any atom is -0.270 e. The van der Waals surface area contributed by atoms with Crippen LogP contribution < -0.4 is 11.5 Å². The largest absolute Gasteiger partial charge is 0.270 e. The maximum Gasteiger partial charge on any atom is 0.0971 e. The number of hydrogen-bond donors (Lipinski definition) is 2. The van der Waals surface area contributed by atoms with Gasteiger partial charge in [0.1, 0.15) is 0 Å². The van der Waals surface area contributed by atoms with E-state index in [2.05, 4.69) is 32.4 Å². The number of halogens is 1. The van der Waals surface area contributed by atoms with Gasteiger partial charge in [-0.1, -0.05) is 39.8 Å². The summed E-state index contributed by atoms with van der Waals surface area (Å²) in [5.74, 6) is 4.68. The summed E-state index contributed by atoms with van der Waals surface area (Å²) >= 11 is 3.37. The molecule has 1 rings (SSSR count). The van der Waals surface area contributed by atoms with Gasteiger partial charge in [0.25, 0.3) is 0 Å². The topological polar surface area (TPSA) is 56.5 Å². The van der Waals surface area contributed by atoms with Crippen LogP contribution in [0.2, 0.25) is 0 Å². The molecule has 0 atom stereocenters. The molecule has 1 aromatic carbocycles. The Kier molecular flexibility index (Phi) is 4.20. The Hall–Kier alpha value is -0.460. The van der Waals surface area contributed by atoms with Crippen molar-refractivity contribution >= 4 is 15.9 Å². The van der Waals surface area contributed by atoms with Gasteiger partial charge >= 0.3 is 0 Å². The first-order valence-electron chi connectivity index (χ1n) is 3.30. The van der Waals surface area contributed by atoms with Crippen LogP contribution in [0.4, 0.5) is 0 Å². The molecule has 0 aliphatic carbocycles. The van der Waals surface area contributed by atoms with Gasteiger partial charge in [-0.2, -0.15) is 10.8 Å². The molecule has 12 heavy (non-hydrogen) atoms. The molecule has 0 radical (unpaired) electrons. The third-order valence-electron chi connectivity index (χ3n) is 1.29. The van der Waals surface area contributed by atoms with E-state index >= 15 is 0 Å². The molecule has 0 bridgehead atoms. The van der Waals surface area contributed by atoms with Crippen LogP contribution in [0.15, 0.2) is 28.7 Å². The van der Waals surface area contributed by atoms with Gasteiger partial charge in [-0.25, -0.2) is 0 Å². The van der Waals surface area contributed by atoms with Crippen LogP contribution in [0, 0.1) is 0 Å². The Bertz CT molecular complexity index is 245. The fourth-order valence-corrected chi connectivity index (χ4v) is 1.16. The third-order valence-corrected chi connectivity index (χ3v) is 2.07. The Morgan fingerprint density at radius 3 is 2.83 bits per heavy atom. The molecule has 1 aromatic rings. The first kappa shape index (κ1) is 9.63. The number of rotatable bonds is 4. The van der Waals surface area contributed by atoms with Crippen molar-refractivity contribution in [2.45, 2.75) is 6.61 Å². The van der Waals surface area contributed by atoms with Crippen LogP contribution >= 0.6 is 15.9 Å². The van der Waals surface area contributed by atoms with Gasteiger partial charge in [0.15, 0.2) is 0 Å². The zero-order valence-electron chi connectivity index (χ0n) is 6.29. The predicted octanol–water partition coefficient (Wildman–Crippen LogP) is 1.28. The molecule has 3 N–H and O–H groups in total. The number of benzene rings is 1. The van der Waals surface area contributed by atoms with E-state index in [0.29, 0.717) is 6.61 Å². The maximum atomic E-state index is 4.82. The Morgan fingerprint density at radius 1 is 1.42 bits per heavy atom. The standard InChI is InChI=1S/C7H9BrN2O2/c8-7-4-2-1-3-6(7)5-11-10-12-9/h1-4,10H,5,9H2. The first-order valence-corrected chi connectivity index (χ1v) is 4.10. The van der Waals surface area contributed by atoms with Gasteiger partial charge in [-0.3, -0.25) is 4.84 Å². The van der Waals surface area contributed by atoms with E-state index in [9.17, 15) is 0 Å². The van der Waals surface area contributed by atoms with Crippen molar-refractivity contribution in [2.24, 2.45) is 5.90 Å². The van der Waals surface area contributed by atoms with E-state index in [1.165, 1.54) is 0 Å². The first-order chi connectivity index (χ1) is 5.84. The summed E-state index contributed by atoms with van der Waals surface area (Å²) in [5.41, 5.74) is 3.10. The predicted molar refractivity (Wildman–Crippen MR) is 47.3 cm³/mol. The van der Waals surface area contributed by atoms with Gasteiger partial charge in [0, 0.05) is 4.47 Å². The molecule has 0 aliphatic rings. The van der Waals surface area contributed by atoms with Gasteiger partial charge in [0.05, 0.1) is 6.61 Å². The van der Waals surface area contributed by atoms with Crippen molar-refractivity contribution < 1.29 is 9.78 Å². The van der Waals surface area contributed by atoms with Gasteiger partial charge in [-0.15, -0.1) is 0 Å². The zero-order chi connectivity index (χ0) is 8.81. The number of nitrogens with two attached hydrogens (primary N) is 1. The molecule has 0 saturated carbocycles. The lowest BCUT2D eigenvalue weighted by Crippen LogP contribution is -2.19. The minimum atomic E-state index is 0.388. The maximum absolute atomic E-state index is 4.82. The van der Waals surface area contributed by atoms with Crippen LogP contribution in [0.25, 0.3) is 0 Å². The highest BCUT2D eigenvalue weighted by Crippen LogP contribution is 2.15. The molecule has 0 unspecified atom stereocenters. The highest BCUT2D eigenvalue weighted by atomic mass is 79.9. The highest BCUT2D eigenvalue weighted by Gasteiger charge is 1.97. The van der Waals surface area contributed by atoms with E-state index in [1.807, 2.05) is 24.3 Å². The molecular weight excluding hydrogens is 224 g/mol. The highest BCUT2D eigenvalue weighted by molar-refractivity contribution is 9.10. The van der Waals surface area contributed by atoms with E-state index in [-0.39, 0.29) is 0 Å². The van der Waals surface area contributed by atoms with Gasteiger partial charge in [0.2, 0.25) is 0 Å². The van der Waals surface area contributed by atoms with Crippen molar-refractivity contribution in [1.29, 1.82) is 0 Å². The molecular formula is C7H9BrN2O2. The van der Waals surface area contributed by atoms with Crippen molar-refractivity contribution in [3.05, 3.63) is 34.3 Å². The van der Waals surface area contributed by atoms with Crippen LogP contribution in [-0.4, -0.2) is 0 Å². The van der Waals surface area contributed by atoms with E-state index in [0.717, 1.165) is 10.0 Å². The van der Waals surface area contributed by atoms with Crippen molar-refractivity contribution in [1.82, 2.24) is 5.64 Å². The van der Waals surface area contributed by atoms with Crippen LogP contribution in [-0.2, 0) is 16.4 Å². The molecule has 66 valence electrons. The Morgan fingerprint density at radius 2 is 2.17 bits per heavy atom. The fourth-order valence-electron chi connectivity index (χ4n) is 0.757.